The van der Waals surface area contributed by atoms with E-state index >= 15 is 0 Å². The number of nitrogens with one attached hydrogen (secondary N) is 1. The van der Waals surface area contributed by atoms with Crippen LogP contribution in [0.15, 0.2) is 40.3 Å². The third kappa shape index (κ3) is 3.44. The molecule has 2 rings (SSSR count). The van der Waals surface area contributed by atoms with Crippen molar-refractivity contribution in [3.8, 4) is 17.4 Å². The van der Waals surface area contributed by atoms with E-state index < -0.39 is 10.8 Å². The second-order valence-corrected chi connectivity index (χ2v) is 4.71. The zero-order chi connectivity index (χ0) is 17.0. The molecule has 0 unspecified atom stereocenters. The molecule has 0 radical (unpaired) electrons. The molecule has 0 aliphatic carbocycles. The lowest BCUT2D eigenvalue weighted by molar-refractivity contribution is -0.385. The van der Waals surface area contributed by atoms with E-state index in [2.05, 4.69) is 5.32 Å². The second-order valence-electron chi connectivity index (χ2n) is 4.71. The average Bonchev–Trinajstić information content (AvgIpc) is 3.00. The van der Waals surface area contributed by atoms with E-state index in [0.29, 0.717) is 22.6 Å². The molecular weight excluding hydrogens is 298 g/mol. The standard InChI is InChI=1S/C16H13N3O4/c1-10-3-4-11(8-14(10)19(21)22)15-6-5-13(23-15)7-12(9-17)16(20)18-2/h3-8H,1-2H3,(H,18,20)/b12-7-. The summed E-state index contributed by atoms with van der Waals surface area (Å²) >= 11 is 0. The van der Waals surface area contributed by atoms with Crippen LogP contribution in [-0.4, -0.2) is 17.9 Å². The molecule has 2 aromatic rings. The van der Waals surface area contributed by atoms with E-state index in [1.54, 1.807) is 37.3 Å². The minimum atomic E-state index is -0.517. The number of nitro benzene ring substituents is 1. The number of rotatable bonds is 4. The van der Waals surface area contributed by atoms with Crippen LogP contribution >= 0.6 is 0 Å². The summed E-state index contributed by atoms with van der Waals surface area (Å²) < 4.78 is 5.54. The van der Waals surface area contributed by atoms with Crippen LogP contribution in [-0.2, 0) is 4.79 Å². The van der Waals surface area contributed by atoms with E-state index in [9.17, 15) is 14.9 Å². The highest BCUT2D eigenvalue weighted by molar-refractivity contribution is 6.01. The van der Waals surface area contributed by atoms with Gasteiger partial charge in [-0.25, -0.2) is 0 Å². The fraction of sp³-hybridized carbons (Fsp3) is 0.125. The summed E-state index contributed by atoms with van der Waals surface area (Å²) in [5, 5.41) is 22.3. The maximum atomic E-state index is 11.5. The van der Waals surface area contributed by atoms with E-state index in [4.69, 9.17) is 9.68 Å². The largest absolute Gasteiger partial charge is 0.457 e. The maximum absolute atomic E-state index is 11.5. The quantitative estimate of drug-likeness (QED) is 0.404. The molecule has 1 amide bonds. The van der Waals surface area contributed by atoms with Crippen molar-refractivity contribution in [1.29, 1.82) is 5.26 Å². The number of nitrogens with zero attached hydrogens (tertiary/aromatic N) is 2. The second kappa shape index (κ2) is 6.58. The van der Waals surface area contributed by atoms with Crippen molar-refractivity contribution in [2.45, 2.75) is 6.92 Å². The summed E-state index contributed by atoms with van der Waals surface area (Å²) in [7, 11) is 1.42. The summed E-state index contributed by atoms with van der Waals surface area (Å²) in [5.74, 6) is 0.202. The Kier molecular flexibility index (Phi) is 4.57. The highest BCUT2D eigenvalue weighted by Crippen LogP contribution is 2.28. The van der Waals surface area contributed by atoms with Gasteiger partial charge in [0, 0.05) is 30.3 Å². The summed E-state index contributed by atoms with van der Waals surface area (Å²) in [6.45, 7) is 1.65. The van der Waals surface area contributed by atoms with Crippen molar-refractivity contribution in [3.63, 3.8) is 0 Å². The van der Waals surface area contributed by atoms with Gasteiger partial charge in [0.25, 0.3) is 11.6 Å². The number of amides is 1. The van der Waals surface area contributed by atoms with Crippen LogP contribution in [0.1, 0.15) is 11.3 Å². The molecule has 0 spiro atoms. The first-order valence-corrected chi connectivity index (χ1v) is 6.65. The Balaban J connectivity index is 2.39. The van der Waals surface area contributed by atoms with Crippen LogP contribution in [0.25, 0.3) is 17.4 Å². The van der Waals surface area contributed by atoms with Gasteiger partial charge < -0.3 is 9.73 Å². The maximum Gasteiger partial charge on any atom is 0.273 e. The number of carbonyl (C=O) groups excluding carboxylic acids is 1. The summed E-state index contributed by atoms with van der Waals surface area (Å²) in [4.78, 5) is 22.0. The van der Waals surface area contributed by atoms with E-state index in [-0.39, 0.29) is 11.3 Å². The molecule has 1 aromatic heterocycles. The third-order valence-corrected chi connectivity index (χ3v) is 3.20. The lowest BCUT2D eigenvalue weighted by Gasteiger charge is -2.00. The first-order valence-electron chi connectivity index (χ1n) is 6.65. The zero-order valence-electron chi connectivity index (χ0n) is 12.5. The SMILES string of the molecule is CNC(=O)/C(C#N)=C\c1ccc(-c2ccc(C)c([N+](=O)[O-])c2)o1. The number of hydrogen-bond donors (Lipinski definition) is 1. The molecule has 1 aromatic carbocycles. The van der Waals surface area contributed by atoms with Crippen LogP contribution in [0, 0.1) is 28.4 Å². The molecule has 0 fully saturated rings. The molecule has 0 aliphatic heterocycles. The minimum absolute atomic E-state index is 0.000864. The zero-order valence-corrected chi connectivity index (χ0v) is 12.5. The molecule has 0 bridgehead atoms. The Bertz CT molecular complexity index is 843. The van der Waals surface area contributed by atoms with Gasteiger partial charge >= 0.3 is 0 Å². The van der Waals surface area contributed by atoms with Crippen LogP contribution in [0.3, 0.4) is 0 Å². The Morgan fingerprint density at radius 3 is 2.74 bits per heavy atom. The van der Waals surface area contributed by atoms with Crippen molar-refractivity contribution in [2.75, 3.05) is 7.05 Å². The molecule has 0 aliphatic rings. The molecule has 1 N–H and O–H groups in total. The van der Waals surface area contributed by atoms with Crippen LogP contribution in [0.5, 0.6) is 0 Å². The van der Waals surface area contributed by atoms with Gasteiger partial charge in [-0.05, 0) is 19.1 Å². The Labute approximate surface area is 132 Å². The van der Waals surface area contributed by atoms with Gasteiger partial charge in [0.15, 0.2) is 0 Å². The van der Waals surface area contributed by atoms with Crippen LogP contribution in [0.4, 0.5) is 5.69 Å². The molecule has 7 nitrogen and oxygen atoms in total. The van der Waals surface area contributed by atoms with Crippen molar-refractivity contribution < 1.29 is 14.1 Å². The van der Waals surface area contributed by atoms with Crippen molar-refractivity contribution >= 4 is 17.7 Å². The van der Waals surface area contributed by atoms with E-state index in [0.717, 1.165) is 0 Å². The predicted molar refractivity (Wildman–Crippen MR) is 83.2 cm³/mol. The molecule has 0 atom stereocenters. The number of carbonyl (C=O) groups is 1. The number of nitriles is 1. The lowest BCUT2D eigenvalue weighted by Crippen LogP contribution is -2.18. The van der Waals surface area contributed by atoms with Gasteiger partial charge in [-0.15, -0.1) is 0 Å². The normalized spacial score (nSPS) is 10.9. The first kappa shape index (κ1) is 16.0. The van der Waals surface area contributed by atoms with E-state index in [1.165, 1.54) is 19.2 Å². The topological polar surface area (TPSA) is 109 Å². The molecular formula is C16H13N3O4. The first-order chi connectivity index (χ1) is 11.0. The van der Waals surface area contributed by atoms with E-state index in [1.807, 2.05) is 0 Å². The smallest absolute Gasteiger partial charge is 0.273 e. The Morgan fingerprint density at radius 1 is 1.39 bits per heavy atom. The number of nitro groups is 1. The Morgan fingerprint density at radius 2 is 2.13 bits per heavy atom. The summed E-state index contributed by atoms with van der Waals surface area (Å²) in [5.41, 5.74) is 1.000. The molecule has 23 heavy (non-hydrogen) atoms. The molecule has 116 valence electrons. The number of likely N-dealkylation sites (N-methyl/N-ethyl adjacent to an activating group) is 1. The van der Waals surface area contributed by atoms with Crippen LogP contribution < -0.4 is 5.32 Å². The van der Waals surface area contributed by atoms with Gasteiger partial charge in [-0.2, -0.15) is 5.26 Å². The minimum Gasteiger partial charge on any atom is -0.457 e. The van der Waals surface area contributed by atoms with Crippen molar-refractivity contribution in [3.05, 3.63) is 57.3 Å². The highest BCUT2D eigenvalue weighted by atomic mass is 16.6. The van der Waals surface area contributed by atoms with Gasteiger partial charge in [0.1, 0.15) is 23.2 Å². The number of aryl methyl sites for hydroxylation is 1. The Hall–Kier alpha value is -3.40. The van der Waals surface area contributed by atoms with Gasteiger partial charge in [-0.1, -0.05) is 12.1 Å². The number of furan rings is 1. The molecule has 0 saturated heterocycles. The lowest BCUT2D eigenvalue weighted by atomic mass is 10.1. The average molecular weight is 311 g/mol. The molecule has 1 heterocycles. The fourth-order valence-corrected chi connectivity index (χ4v) is 1.97. The van der Waals surface area contributed by atoms with Crippen LogP contribution in [0.2, 0.25) is 0 Å². The van der Waals surface area contributed by atoms with Crippen molar-refractivity contribution in [2.24, 2.45) is 0 Å². The summed E-state index contributed by atoms with van der Waals surface area (Å²) in [6, 6.07) is 9.76. The number of hydrogen-bond acceptors (Lipinski definition) is 5. The van der Waals surface area contributed by atoms with Gasteiger partial charge in [0.05, 0.1) is 4.92 Å². The fourth-order valence-electron chi connectivity index (χ4n) is 1.97. The monoisotopic (exact) mass is 311 g/mol. The molecule has 0 saturated carbocycles. The molecule has 7 heteroatoms. The van der Waals surface area contributed by atoms with Gasteiger partial charge in [-0.3, -0.25) is 14.9 Å². The third-order valence-electron chi connectivity index (χ3n) is 3.20. The number of benzene rings is 1. The highest BCUT2D eigenvalue weighted by Gasteiger charge is 2.14. The van der Waals surface area contributed by atoms with Gasteiger partial charge in [0.2, 0.25) is 0 Å². The summed E-state index contributed by atoms with van der Waals surface area (Å²) in [6.07, 6.45) is 1.31. The predicted octanol–water partition coefficient (Wildman–Crippen LogP) is 2.82. The van der Waals surface area contributed by atoms with Crippen molar-refractivity contribution in [1.82, 2.24) is 5.32 Å².